The minimum absolute atomic E-state index is 0.0247. The first-order valence-electron chi connectivity index (χ1n) is 3.77. The van der Waals surface area contributed by atoms with Crippen LogP contribution in [-0.2, 0) is 9.53 Å². The molecular weight excluding hydrogens is 159 g/mol. The molecule has 1 aliphatic heterocycles. The van der Waals surface area contributed by atoms with Crippen LogP contribution in [0.3, 0.4) is 0 Å². The van der Waals surface area contributed by atoms with Gasteiger partial charge in [-0.25, -0.2) is 0 Å². The number of hydrogen-bond donors (Lipinski definition) is 0. The van der Waals surface area contributed by atoms with Gasteiger partial charge in [-0.2, -0.15) is 0 Å². The molecule has 1 saturated heterocycles. The van der Waals surface area contributed by atoms with Gasteiger partial charge in [0.2, 0.25) is 0 Å². The first-order chi connectivity index (χ1) is 4.94. The maximum atomic E-state index is 11.3. The zero-order chi connectivity index (χ0) is 8.70. The van der Waals surface area contributed by atoms with Crippen molar-refractivity contribution < 1.29 is 9.53 Å². The molecule has 64 valence electrons. The van der Waals surface area contributed by atoms with Crippen molar-refractivity contribution in [2.45, 2.75) is 25.9 Å². The van der Waals surface area contributed by atoms with Gasteiger partial charge in [0.25, 0.3) is 0 Å². The SMILES string of the molecule is COC(=O)C1(C(C)(C)C)CP1. The molecule has 2 nitrogen and oxygen atoms in total. The number of methoxy groups -OCH3 is 1. The lowest BCUT2D eigenvalue weighted by Gasteiger charge is -2.27. The van der Waals surface area contributed by atoms with E-state index in [0.29, 0.717) is 0 Å². The van der Waals surface area contributed by atoms with E-state index in [4.69, 9.17) is 4.74 Å². The van der Waals surface area contributed by atoms with Crippen LogP contribution in [0.15, 0.2) is 0 Å². The Bertz CT molecular complexity index is 177. The highest BCUT2D eigenvalue weighted by atomic mass is 31.1. The number of carbonyl (C=O) groups excluding carboxylic acids is 1. The molecule has 0 bridgehead atoms. The Balaban J connectivity index is 2.76. The molecule has 0 N–H and O–H groups in total. The average Bonchev–Trinajstić information content (AvgIpc) is 2.63. The summed E-state index contributed by atoms with van der Waals surface area (Å²) in [6.45, 7) is 6.30. The predicted molar refractivity (Wildman–Crippen MR) is 47.4 cm³/mol. The Hall–Kier alpha value is -0.100. The zero-order valence-corrected chi connectivity index (χ0v) is 8.52. The topological polar surface area (TPSA) is 26.3 Å². The molecule has 2 atom stereocenters. The Morgan fingerprint density at radius 3 is 2.09 bits per heavy atom. The minimum Gasteiger partial charge on any atom is -0.468 e. The van der Waals surface area contributed by atoms with Crippen molar-refractivity contribution in [3.8, 4) is 0 Å². The van der Waals surface area contributed by atoms with E-state index in [2.05, 4.69) is 20.8 Å². The summed E-state index contributed by atoms with van der Waals surface area (Å²) >= 11 is 0. The van der Waals surface area contributed by atoms with Crippen molar-refractivity contribution in [3.63, 3.8) is 0 Å². The molecule has 0 saturated carbocycles. The number of carbonyl (C=O) groups is 1. The second-order valence-electron chi connectivity index (χ2n) is 4.00. The molecule has 0 spiro atoms. The van der Waals surface area contributed by atoms with Gasteiger partial charge in [0.1, 0.15) is 0 Å². The summed E-state index contributed by atoms with van der Waals surface area (Å²) in [4.78, 5) is 11.3. The predicted octanol–water partition coefficient (Wildman–Crippen LogP) is 1.64. The van der Waals surface area contributed by atoms with E-state index < -0.39 is 0 Å². The van der Waals surface area contributed by atoms with Gasteiger partial charge < -0.3 is 4.74 Å². The smallest absolute Gasteiger partial charge is 0.316 e. The van der Waals surface area contributed by atoms with Crippen LogP contribution in [0.2, 0.25) is 0 Å². The fourth-order valence-electron chi connectivity index (χ4n) is 1.24. The van der Waals surface area contributed by atoms with Crippen molar-refractivity contribution in [1.82, 2.24) is 0 Å². The third-order valence-electron chi connectivity index (χ3n) is 2.34. The van der Waals surface area contributed by atoms with E-state index in [1.807, 2.05) is 0 Å². The molecule has 0 aliphatic carbocycles. The molecule has 0 amide bonds. The summed E-state index contributed by atoms with van der Waals surface area (Å²) in [5.74, 6) is -0.0247. The summed E-state index contributed by atoms with van der Waals surface area (Å²) in [6.07, 6.45) is 1.02. The third kappa shape index (κ3) is 1.29. The lowest BCUT2D eigenvalue weighted by molar-refractivity contribution is -0.144. The Morgan fingerprint density at radius 1 is 1.55 bits per heavy atom. The van der Waals surface area contributed by atoms with Crippen molar-refractivity contribution >= 4 is 14.6 Å². The Labute approximate surface area is 69.5 Å². The van der Waals surface area contributed by atoms with Crippen LogP contribution in [0.1, 0.15) is 20.8 Å². The lowest BCUT2D eigenvalue weighted by Crippen LogP contribution is -2.37. The number of esters is 1. The van der Waals surface area contributed by atoms with Crippen LogP contribution in [0.4, 0.5) is 0 Å². The van der Waals surface area contributed by atoms with E-state index in [-0.39, 0.29) is 16.5 Å². The van der Waals surface area contributed by atoms with Gasteiger partial charge in [0.05, 0.1) is 12.3 Å². The van der Waals surface area contributed by atoms with Crippen molar-refractivity contribution in [1.29, 1.82) is 0 Å². The van der Waals surface area contributed by atoms with Gasteiger partial charge >= 0.3 is 5.97 Å². The molecule has 0 radical (unpaired) electrons. The van der Waals surface area contributed by atoms with Crippen molar-refractivity contribution in [2.24, 2.45) is 5.41 Å². The largest absolute Gasteiger partial charge is 0.468 e. The number of hydrogen-bond acceptors (Lipinski definition) is 2. The summed E-state index contributed by atoms with van der Waals surface area (Å²) in [7, 11) is 2.23. The van der Waals surface area contributed by atoms with Gasteiger partial charge in [0, 0.05) is 0 Å². The molecule has 1 rings (SSSR count). The minimum atomic E-state index is -0.137. The average molecular weight is 174 g/mol. The quantitative estimate of drug-likeness (QED) is 0.446. The number of rotatable bonds is 1. The van der Waals surface area contributed by atoms with E-state index >= 15 is 0 Å². The van der Waals surface area contributed by atoms with E-state index in [1.54, 1.807) is 0 Å². The van der Waals surface area contributed by atoms with Crippen LogP contribution < -0.4 is 0 Å². The third-order valence-corrected chi connectivity index (χ3v) is 4.36. The highest BCUT2D eigenvalue weighted by Gasteiger charge is 2.59. The molecule has 0 aromatic rings. The Kier molecular flexibility index (Phi) is 2.00. The van der Waals surface area contributed by atoms with Crippen LogP contribution in [0.25, 0.3) is 0 Å². The highest BCUT2D eigenvalue weighted by molar-refractivity contribution is 7.51. The molecule has 1 fully saturated rings. The van der Waals surface area contributed by atoms with Gasteiger partial charge in [-0.05, 0) is 11.6 Å². The van der Waals surface area contributed by atoms with Crippen LogP contribution >= 0.6 is 8.58 Å². The summed E-state index contributed by atoms with van der Waals surface area (Å²) in [5, 5.41) is -0.137. The summed E-state index contributed by atoms with van der Waals surface area (Å²) in [6, 6.07) is 0. The standard InChI is InChI=1S/C8H15O2P/c1-7(2,3)8(5-11-8)6(9)10-4/h11H,5H2,1-4H3. The summed E-state index contributed by atoms with van der Waals surface area (Å²) < 4.78 is 4.77. The van der Waals surface area contributed by atoms with Gasteiger partial charge in [-0.15, -0.1) is 8.58 Å². The van der Waals surface area contributed by atoms with E-state index in [9.17, 15) is 4.79 Å². The molecule has 0 aromatic carbocycles. The molecule has 1 heterocycles. The van der Waals surface area contributed by atoms with Gasteiger partial charge in [-0.3, -0.25) is 4.79 Å². The summed E-state index contributed by atoms with van der Waals surface area (Å²) in [5.41, 5.74) is 0.0680. The lowest BCUT2D eigenvalue weighted by atomic mass is 9.82. The van der Waals surface area contributed by atoms with Crippen molar-refractivity contribution in [2.75, 3.05) is 13.3 Å². The first-order valence-corrected chi connectivity index (χ1v) is 4.98. The normalized spacial score (nSPS) is 32.0. The molecule has 0 aromatic heterocycles. The molecule has 3 heteroatoms. The fourth-order valence-corrected chi connectivity index (χ4v) is 2.87. The van der Waals surface area contributed by atoms with Gasteiger partial charge in [-0.1, -0.05) is 20.8 Å². The van der Waals surface area contributed by atoms with E-state index in [1.165, 1.54) is 7.11 Å². The molecule has 2 unspecified atom stereocenters. The van der Waals surface area contributed by atoms with Crippen LogP contribution in [-0.4, -0.2) is 24.4 Å². The van der Waals surface area contributed by atoms with Gasteiger partial charge in [0.15, 0.2) is 0 Å². The highest BCUT2D eigenvalue weighted by Crippen LogP contribution is 2.62. The van der Waals surface area contributed by atoms with Crippen molar-refractivity contribution in [3.05, 3.63) is 0 Å². The molecular formula is C8H15O2P. The zero-order valence-electron chi connectivity index (χ0n) is 7.52. The second-order valence-corrected chi connectivity index (χ2v) is 5.56. The molecule has 1 aliphatic rings. The Morgan fingerprint density at radius 2 is 2.00 bits per heavy atom. The first kappa shape index (κ1) is 8.99. The van der Waals surface area contributed by atoms with Crippen LogP contribution in [0.5, 0.6) is 0 Å². The maximum Gasteiger partial charge on any atom is 0.316 e. The maximum absolute atomic E-state index is 11.3. The second kappa shape index (κ2) is 2.45. The number of ether oxygens (including phenoxy) is 1. The fraction of sp³-hybridized carbons (Fsp3) is 0.875. The monoisotopic (exact) mass is 174 g/mol. The van der Waals surface area contributed by atoms with E-state index in [0.717, 1.165) is 14.7 Å². The molecule has 11 heavy (non-hydrogen) atoms. The van der Waals surface area contributed by atoms with Crippen LogP contribution in [0, 0.1) is 5.41 Å².